The van der Waals surface area contributed by atoms with Crippen LogP contribution in [-0.4, -0.2) is 17.1 Å². The number of carbonyl (C=O) groups excluding carboxylic acids is 1. The first-order chi connectivity index (χ1) is 10.3. The number of nitrogens with zero attached hydrogens (tertiary/aromatic N) is 1. The highest BCUT2D eigenvalue weighted by Crippen LogP contribution is 2.44. The highest BCUT2D eigenvalue weighted by Gasteiger charge is 2.42. The van der Waals surface area contributed by atoms with E-state index in [0.717, 1.165) is 5.56 Å². The fourth-order valence-electron chi connectivity index (χ4n) is 2.88. The van der Waals surface area contributed by atoms with Gasteiger partial charge in [-0.3, -0.25) is 4.79 Å². The van der Waals surface area contributed by atoms with Crippen molar-refractivity contribution in [3.8, 4) is 11.3 Å². The van der Waals surface area contributed by atoms with E-state index in [9.17, 15) is 4.79 Å². The maximum Gasteiger partial charge on any atom is 0.273 e. The van der Waals surface area contributed by atoms with Crippen molar-refractivity contribution in [2.75, 3.05) is 0 Å². The molecule has 0 atom stereocenters. The zero-order chi connectivity index (χ0) is 14.2. The van der Waals surface area contributed by atoms with Gasteiger partial charge in [-0.05, 0) is 37.5 Å². The number of nitrogens with one attached hydrogen (secondary N) is 1. The molecular weight excluding hydrogens is 264 g/mol. The van der Waals surface area contributed by atoms with E-state index in [1.54, 1.807) is 6.07 Å². The maximum absolute atomic E-state index is 12.3. The standard InChI is InChI=1S/C17H18N2O2/c20-17(18-16(12-6-7-12)13-8-9-13)14-10-15(21-19-14)11-4-2-1-3-5-11/h1-5,10,12-13,16H,6-9H2,(H,18,20). The molecule has 2 fully saturated rings. The average Bonchev–Trinajstić information content (AvgIpc) is 3.44. The third-order valence-electron chi connectivity index (χ3n) is 4.36. The molecule has 4 heteroatoms. The molecule has 2 aliphatic rings. The molecule has 0 spiro atoms. The van der Waals surface area contributed by atoms with E-state index < -0.39 is 0 Å². The van der Waals surface area contributed by atoms with Crippen molar-refractivity contribution < 1.29 is 9.32 Å². The third-order valence-corrected chi connectivity index (χ3v) is 4.36. The summed E-state index contributed by atoms with van der Waals surface area (Å²) in [4.78, 5) is 12.3. The van der Waals surface area contributed by atoms with Crippen molar-refractivity contribution in [1.82, 2.24) is 10.5 Å². The molecular formula is C17H18N2O2. The van der Waals surface area contributed by atoms with Gasteiger partial charge in [0.15, 0.2) is 11.5 Å². The van der Waals surface area contributed by atoms with E-state index in [1.165, 1.54) is 25.7 Å². The molecule has 2 aliphatic carbocycles. The van der Waals surface area contributed by atoms with Crippen LogP contribution in [0.1, 0.15) is 36.2 Å². The zero-order valence-electron chi connectivity index (χ0n) is 11.8. The Morgan fingerprint density at radius 3 is 2.43 bits per heavy atom. The molecule has 0 radical (unpaired) electrons. The second-order valence-electron chi connectivity index (χ2n) is 6.12. The highest BCUT2D eigenvalue weighted by molar-refractivity contribution is 5.93. The Morgan fingerprint density at radius 2 is 1.81 bits per heavy atom. The Balaban J connectivity index is 1.48. The molecule has 0 aliphatic heterocycles. The van der Waals surface area contributed by atoms with E-state index in [1.807, 2.05) is 30.3 Å². The lowest BCUT2D eigenvalue weighted by Crippen LogP contribution is -2.38. The van der Waals surface area contributed by atoms with E-state index in [2.05, 4.69) is 10.5 Å². The van der Waals surface area contributed by atoms with Gasteiger partial charge in [-0.2, -0.15) is 0 Å². The third kappa shape index (κ3) is 2.71. The number of hydrogen-bond donors (Lipinski definition) is 1. The van der Waals surface area contributed by atoms with E-state index in [-0.39, 0.29) is 5.91 Å². The van der Waals surface area contributed by atoms with E-state index >= 15 is 0 Å². The highest BCUT2D eigenvalue weighted by atomic mass is 16.5. The average molecular weight is 282 g/mol. The van der Waals surface area contributed by atoms with E-state index in [0.29, 0.717) is 29.3 Å². The predicted molar refractivity (Wildman–Crippen MR) is 78.6 cm³/mol. The molecule has 0 saturated heterocycles. The Morgan fingerprint density at radius 1 is 1.14 bits per heavy atom. The Hall–Kier alpha value is -2.10. The van der Waals surface area contributed by atoms with Crippen LogP contribution in [0.4, 0.5) is 0 Å². The SMILES string of the molecule is O=C(NC(C1CC1)C1CC1)c1cc(-c2ccccc2)on1. The Bertz CT molecular complexity index is 630. The zero-order valence-corrected chi connectivity index (χ0v) is 11.8. The van der Waals surface area contributed by atoms with Crippen LogP contribution in [0.3, 0.4) is 0 Å². The normalized spacial score (nSPS) is 18.0. The second kappa shape index (κ2) is 5.02. The largest absolute Gasteiger partial charge is 0.355 e. The fourth-order valence-corrected chi connectivity index (χ4v) is 2.88. The number of carbonyl (C=O) groups is 1. The summed E-state index contributed by atoms with van der Waals surface area (Å²) in [7, 11) is 0. The summed E-state index contributed by atoms with van der Waals surface area (Å²) >= 11 is 0. The van der Waals surface area contributed by atoms with Gasteiger partial charge in [-0.25, -0.2) is 0 Å². The molecule has 0 bridgehead atoms. The predicted octanol–water partition coefficient (Wildman–Crippen LogP) is 3.26. The van der Waals surface area contributed by atoms with Gasteiger partial charge in [0.05, 0.1) is 0 Å². The molecule has 2 saturated carbocycles. The second-order valence-corrected chi connectivity index (χ2v) is 6.12. The van der Waals surface area contributed by atoms with Crippen LogP contribution in [0.25, 0.3) is 11.3 Å². The van der Waals surface area contributed by atoms with Crippen molar-refractivity contribution in [2.24, 2.45) is 11.8 Å². The van der Waals surface area contributed by atoms with Gasteiger partial charge in [-0.1, -0.05) is 35.5 Å². The lowest BCUT2D eigenvalue weighted by atomic mass is 10.1. The summed E-state index contributed by atoms with van der Waals surface area (Å²) in [6.07, 6.45) is 4.98. The topological polar surface area (TPSA) is 55.1 Å². The molecule has 21 heavy (non-hydrogen) atoms. The van der Waals surface area contributed by atoms with Gasteiger partial charge in [0.2, 0.25) is 0 Å². The Labute approximate surface area is 123 Å². The molecule has 1 N–H and O–H groups in total. The lowest BCUT2D eigenvalue weighted by molar-refractivity contribution is 0.0917. The quantitative estimate of drug-likeness (QED) is 0.915. The first kappa shape index (κ1) is 12.6. The molecule has 2 aromatic rings. The summed E-state index contributed by atoms with van der Waals surface area (Å²) in [5, 5.41) is 7.08. The summed E-state index contributed by atoms with van der Waals surface area (Å²) in [5.74, 6) is 1.89. The van der Waals surface area contributed by atoms with Gasteiger partial charge in [-0.15, -0.1) is 0 Å². The first-order valence-electron chi connectivity index (χ1n) is 7.64. The molecule has 4 nitrogen and oxygen atoms in total. The summed E-state index contributed by atoms with van der Waals surface area (Å²) in [5.41, 5.74) is 1.31. The van der Waals surface area contributed by atoms with Crippen LogP contribution in [0.5, 0.6) is 0 Å². The minimum Gasteiger partial charge on any atom is -0.355 e. The van der Waals surface area contributed by atoms with Crippen molar-refractivity contribution in [3.05, 3.63) is 42.1 Å². The van der Waals surface area contributed by atoms with Crippen LogP contribution in [-0.2, 0) is 0 Å². The van der Waals surface area contributed by atoms with E-state index in [4.69, 9.17) is 4.52 Å². The molecule has 1 aromatic heterocycles. The lowest BCUT2D eigenvalue weighted by Gasteiger charge is -2.16. The molecule has 1 heterocycles. The van der Waals surface area contributed by atoms with Gasteiger partial charge in [0.1, 0.15) is 0 Å². The van der Waals surface area contributed by atoms with Crippen LogP contribution in [0.2, 0.25) is 0 Å². The number of amides is 1. The minimum atomic E-state index is -0.107. The minimum absolute atomic E-state index is 0.107. The van der Waals surface area contributed by atoms with Gasteiger partial charge < -0.3 is 9.84 Å². The molecule has 0 unspecified atom stereocenters. The maximum atomic E-state index is 12.3. The van der Waals surface area contributed by atoms with Gasteiger partial charge in [0.25, 0.3) is 5.91 Å². The molecule has 108 valence electrons. The monoisotopic (exact) mass is 282 g/mol. The molecule has 1 aromatic carbocycles. The van der Waals surface area contributed by atoms with Gasteiger partial charge >= 0.3 is 0 Å². The van der Waals surface area contributed by atoms with Crippen LogP contribution >= 0.6 is 0 Å². The van der Waals surface area contributed by atoms with Crippen LogP contribution < -0.4 is 5.32 Å². The first-order valence-corrected chi connectivity index (χ1v) is 7.64. The number of benzene rings is 1. The fraction of sp³-hybridized carbons (Fsp3) is 0.412. The number of rotatable bonds is 5. The van der Waals surface area contributed by atoms with Crippen molar-refractivity contribution >= 4 is 5.91 Å². The van der Waals surface area contributed by atoms with Gasteiger partial charge in [0, 0.05) is 17.7 Å². The smallest absolute Gasteiger partial charge is 0.273 e. The Kier molecular flexibility index (Phi) is 3.02. The van der Waals surface area contributed by atoms with Crippen molar-refractivity contribution in [1.29, 1.82) is 0 Å². The number of aromatic nitrogens is 1. The van der Waals surface area contributed by atoms with Crippen molar-refractivity contribution in [3.63, 3.8) is 0 Å². The van der Waals surface area contributed by atoms with Crippen molar-refractivity contribution in [2.45, 2.75) is 31.7 Å². The van der Waals surface area contributed by atoms with Crippen LogP contribution in [0.15, 0.2) is 40.9 Å². The molecule has 4 rings (SSSR count). The summed E-state index contributed by atoms with van der Waals surface area (Å²) in [6, 6.07) is 11.8. The summed E-state index contributed by atoms with van der Waals surface area (Å²) < 4.78 is 5.29. The summed E-state index contributed by atoms with van der Waals surface area (Å²) in [6.45, 7) is 0. The number of hydrogen-bond acceptors (Lipinski definition) is 3. The molecule has 1 amide bonds. The van der Waals surface area contributed by atoms with Crippen LogP contribution in [0, 0.1) is 11.8 Å².